The van der Waals surface area contributed by atoms with Gasteiger partial charge in [0.15, 0.2) is 23.1 Å². The summed E-state index contributed by atoms with van der Waals surface area (Å²) in [5.41, 5.74) is 4.80. The van der Waals surface area contributed by atoms with E-state index in [1.807, 2.05) is 55.5 Å². The summed E-state index contributed by atoms with van der Waals surface area (Å²) in [7, 11) is 1.79. The topological polar surface area (TPSA) is 99.7 Å². The SMILES string of the molecule is CNc1c(Nc2ccc3oc(C)nc3c2)nc(-c2ccccc2)nc1C(C)=N. The van der Waals surface area contributed by atoms with E-state index in [1.54, 1.807) is 14.0 Å². The minimum absolute atomic E-state index is 0.356. The lowest BCUT2D eigenvalue weighted by molar-refractivity contribution is 0.561. The molecule has 4 rings (SSSR count). The van der Waals surface area contributed by atoms with E-state index in [0.29, 0.717) is 34.6 Å². The van der Waals surface area contributed by atoms with Crippen LogP contribution in [0.2, 0.25) is 0 Å². The lowest BCUT2D eigenvalue weighted by Crippen LogP contribution is -2.10. The zero-order chi connectivity index (χ0) is 19.7. The van der Waals surface area contributed by atoms with Crippen LogP contribution in [0.3, 0.4) is 0 Å². The molecule has 2 aromatic carbocycles. The largest absolute Gasteiger partial charge is 0.441 e. The van der Waals surface area contributed by atoms with Crippen molar-refractivity contribution in [2.24, 2.45) is 0 Å². The van der Waals surface area contributed by atoms with E-state index in [4.69, 9.17) is 14.8 Å². The van der Waals surface area contributed by atoms with Gasteiger partial charge in [-0.2, -0.15) is 0 Å². The first kappa shape index (κ1) is 17.7. The molecule has 0 fully saturated rings. The zero-order valence-corrected chi connectivity index (χ0v) is 15.9. The van der Waals surface area contributed by atoms with Crippen LogP contribution in [0.1, 0.15) is 18.5 Å². The Morgan fingerprint density at radius 3 is 2.54 bits per heavy atom. The Kier molecular flexibility index (Phi) is 4.49. The Morgan fingerprint density at radius 2 is 1.82 bits per heavy atom. The van der Waals surface area contributed by atoms with Crippen molar-refractivity contribution >= 4 is 34.0 Å². The van der Waals surface area contributed by atoms with Crippen LogP contribution in [-0.2, 0) is 0 Å². The first-order valence-corrected chi connectivity index (χ1v) is 8.90. The first-order chi connectivity index (χ1) is 13.5. The molecule has 3 N–H and O–H groups in total. The third-order valence-corrected chi connectivity index (χ3v) is 4.30. The van der Waals surface area contributed by atoms with E-state index >= 15 is 0 Å². The van der Waals surface area contributed by atoms with Crippen LogP contribution in [0.4, 0.5) is 17.2 Å². The number of hydrogen-bond donors (Lipinski definition) is 3. The summed E-state index contributed by atoms with van der Waals surface area (Å²) in [6.45, 7) is 3.54. The predicted octanol–water partition coefficient (Wildman–Crippen LogP) is 4.77. The van der Waals surface area contributed by atoms with Crippen LogP contribution < -0.4 is 10.6 Å². The summed E-state index contributed by atoms with van der Waals surface area (Å²) in [6.07, 6.45) is 0. The standard InChI is InChI=1S/C21H20N6O/c1-12(22)18-19(23-3)21(27-20(26-18)14-7-5-4-6-8-14)25-15-9-10-17-16(11-15)24-13(2)28-17/h4-11,22-23H,1-3H3,(H,25,26,27). The van der Waals surface area contributed by atoms with Crippen molar-refractivity contribution in [1.82, 2.24) is 15.0 Å². The normalized spacial score (nSPS) is 10.8. The van der Waals surface area contributed by atoms with Gasteiger partial charge in [-0.05, 0) is 25.1 Å². The lowest BCUT2D eigenvalue weighted by Gasteiger charge is -2.16. The Morgan fingerprint density at radius 1 is 1.04 bits per heavy atom. The van der Waals surface area contributed by atoms with E-state index in [1.165, 1.54) is 0 Å². The molecule has 2 aromatic heterocycles. The third kappa shape index (κ3) is 3.29. The van der Waals surface area contributed by atoms with Crippen molar-refractivity contribution in [1.29, 1.82) is 5.41 Å². The summed E-state index contributed by atoms with van der Waals surface area (Å²) >= 11 is 0. The van der Waals surface area contributed by atoms with E-state index in [9.17, 15) is 0 Å². The highest BCUT2D eigenvalue weighted by Crippen LogP contribution is 2.30. The Balaban J connectivity index is 1.83. The fraction of sp³-hybridized carbons (Fsp3) is 0.143. The molecule has 0 aliphatic heterocycles. The molecule has 0 atom stereocenters. The molecule has 0 saturated carbocycles. The monoisotopic (exact) mass is 372 g/mol. The number of nitrogens with zero attached hydrogens (tertiary/aromatic N) is 3. The summed E-state index contributed by atoms with van der Waals surface area (Å²) in [5.74, 6) is 1.78. The third-order valence-electron chi connectivity index (χ3n) is 4.30. The number of rotatable bonds is 5. The molecule has 0 unspecified atom stereocenters. The maximum Gasteiger partial charge on any atom is 0.192 e. The van der Waals surface area contributed by atoms with Gasteiger partial charge in [0.05, 0.1) is 5.71 Å². The van der Waals surface area contributed by atoms with Gasteiger partial charge in [0.25, 0.3) is 0 Å². The van der Waals surface area contributed by atoms with Crippen molar-refractivity contribution in [3.05, 3.63) is 60.1 Å². The molecule has 7 nitrogen and oxygen atoms in total. The molecule has 4 aromatic rings. The van der Waals surface area contributed by atoms with Gasteiger partial charge in [-0.1, -0.05) is 30.3 Å². The number of benzene rings is 2. The molecule has 28 heavy (non-hydrogen) atoms. The number of aryl methyl sites for hydroxylation is 1. The fourth-order valence-electron chi connectivity index (χ4n) is 3.03. The molecule has 7 heteroatoms. The average Bonchev–Trinajstić information content (AvgIpc) is 3.07. The van der Waals surface area contributed by atoms with Crippen LogP contribution in [-0.4, -0.2) is 27.7 Å². The number of anilines is 3. The first-order valence-electron chi connectivity index (χ1n) is 8.90. The van der Waals surface area contributed by atoms with Crippen LogP contribution in [0.15, 0.2) is 52.9 Å². The summed E-state index contributed by atoms with van der Waals surface area (Å²) < 4.78 is 5.54. The molecule has 0 spiro atoms. The number of fused-ring (bicyclic) bond motifs is 1. The van der Waals surface area contributed by atoms with Gasteiger partial charge < -0.3 is 20.5 Å². The van der Waals surface area contributed by atoms with E-state index in [2.05, 4.69) is 20.6 Å². The summed E-state index contributed by atoms with van der Waals surface area (Å²) in [5, 5.41) is 14.6. The van der Waals surface area contributed by atoms with Crippen molar-refractivity contribution in [3.8, 4) is 11.4 Å². The zero-order valence-electron chi connectivity index (χ0n) is 15.9. The van der Waals surface area contributed by atoms with Crippen molar-refractivity contribution in [2.75, 3.05) is 17.7 Å². The van der Waals surface area contributed by atoms with Gasteiger partial charge in [0.2, 0.25) is 0 Å². The second kappa shape index (κ2) is 7.11. The van der Waals surface area contributed by atoms with Crippen LogP contribution in [0.25, 0.3) is 22.5 Å². The molecule has 0 bridgehead atoms. The molecular weight excluding hydrogens is 352 g/mol. The molecule has 0 aliphatic rings. The molecule has 0 amide bonds. The highest BCUT2D eigenvalue weighted by Gasteiger charge is 2.16. The quantitative estimate of drug-likeness (QED) is 0.437. The Labute approximate surface area is 162 Å². The molecule has 140 valence electrons. The highest BCUT2D eigenvalue weighted by molar-refractivity contribution is 6.02. The molecule has 0 saturated heterocycles. The van der Waals surface area contributed by atoms with Gasteiger partial charge in [-0.25, -0.2) is 15.0 Å². The van der Waals surface area contributed by atoms with Gasteiger partial charge in [-0.3, -0.25) is 0 Å². The summed E-state index contributed by atoms with van der Waals surface area (Å²) in [6, 6.07) is 15.4. The highest BCUT2D eigenvalue weighted by atomic mass is 16.3. The number of oxazole rings is 1. The second-order valence-corrected chi connectivity index (χ2v) is 6.40. The van der Waals surface area contributed by atoms with Gasteiger partial charge in [-0.15, -0.1) is 0 Å². The maximum atomic E-state index is 8.15. The fourth-order valence-corrected chi connectivity index (χ4v) is 3.03. The Hall–Kier alpha value is -3.74. The van der Waals surface area contributed by atoms with E-state index < -0.39 is 0 Å². The summed E-state index contributed by atoms with van der Waals surface area (Å²) in [4.78, 5) is 13.7. The molecular formula is C21H20N6O. The molecule has 0 radical (unpaired) electrons. The van der Waals surface area contributed by atoms with Gasteiger partial charge >= 0.3 is 0 Å². The van der Waals surface area contributed by atoms with Crippen LogP contribution in [0.5, 0.6) is 0 Å². The number of nitrogens with one attached hydrogen (secondary N) is 3. The van der Waals surface area contributed by atoms with E-state index in [-0.39, 0.29) is 0 Å². The van der Waals surface area contributed by atoms with Crippen molar-refractivity contribution in [2.45, 2.75) is 13.8 Å². The second-order valence-electron chi connectivity index (χ2n) is 6.40. The molecule has 0 aliphatic carbocycles. The predicted molar refractivity (Wildman–Crippen MR) is 112 cm³/mol. The lowest BCUT2D eigenvalue weighted by atomic mass is 10.1. The minimum atomic E-state index is 0.356. The minimum Gasteiger partial charge on any atom is -0.441 e. The molecule has 2 heterocycles. The van der Waals surface area contributed by atoms with Gasteiger partial charge in [0, 0.05) is 25.2 Å². The average molecular weight is 372 g/mol. The number of hydrogen-bond acceptors (Lipinski definition) is 7. The van der Waals surface area contributed by atoms with Gasteiger partial charge in [0.1, 0.15) is 16.9 Å². The van der Waals surface area contributed by atoms with Crippen molar-refractivity contribution in [3.63, 3.8) is 0 Å². The van der Waals surface area contributed by atoms with Crippen LogP contribution >= 0.6 is 0 Å². The Bertz CT molecular complexity index is 1170. The number of aromatic nitrogens is 3. The van der Waals surface area contributed by atoms with Crippen LogP contribution in [0, 0.1) is 12.3 Å². The van der Waals surface area contributed by atoms with Crippen molar-refractivity contribution < 1.29 is 4.42 Å². The smallest absolute Gasteiger partial charge is 0.192 e. The maximum absolute atomic E-state index is 8.15. The van der Waals surface area contributed by atoms with E-state index in [0.717, 1.165) is 22.4 Å².